The molecule has 86 valence electrons. The highest BCUT2D eigenvalue weighted by Crippen LogP contribution is 2.37. The zero-order chi connectivity index (χ0) is 12.6. The first kappa shape index (κ1) is 11.8. The van der Waals surface area contributed by atoms with Crippen LogP contribution < -0.4 is 0 Å². The molecule has 0 spiro atoms. The van der Waals surface area contributed by atoms with E-state index in [0.717, 1.165) is 0 Å². The van der Waals surface area contributed by atoms with E-state index >= 15 is 0 Å². The second-order valence-electron chi connectivity index (χ2n) is 3.31. The maximum absolute atomic E-state index is 10.8. The van der Waals surface area contributed by atoms with Gasteiger partial charge in [-0.25, -0.2) is 9.59 Å². The third-order valence-corrected chi connectivity index (χ3v) is 2.44. The Kier molecular flexibility index (Phi) is 2.76. The van der Waals surface area contributed by atoms with Crippen LogP contribution in [0.3, 0.4) is 0 Å². The molecule has 0 amide bonds. The van der Waals surface area contributed by atoms with Crippen molar-refractivity contribution in [3.8, 4) is 11.5 Å². The van der Waals surface area contributed by atoms with Crippen molar-refractivity contribution in [2.75, 3.05) is 0 Å². The van der Waals surface area contributed by atoms with Crippen LogP contribution in [0.4, 0.5) is 0 Å². The predicted molar refractivity (Wildman–Crippen MR) is 53.2 cm³/mol. The molecule has 0 aliphatic heterocycles. The lowest BCUT2D eigenvalue weighted by atomic mass is 9.96. The van der Waals surface area contributed by atoms with Gasteiger partial charge in [0, 0.05) is 0 Å². The van der Waals surface area contributed by atoms with Crippen LogP contribution >= 0.6 is 0 Å². The number of phenols is 2. The molecule has 6 nitrogen and oxygen atoms in total. The molecule has 0 aliphatic rings. The number of carboxylic acid groups (broad SMARTS) is 2. The van der Waals surface area contributed by atoms with Crippen molar-refractivity contribution in [3.63, 3.8) is 0 Å². The van der Waals surface area contributed by atoms with E-state index in [9.17, 15) is 19.8 Å². The van der Waals surface area contributed by atoms with Crippen LogP contribution in [0, 0.1) is 13.8 Å². The van der Waals surface area contributed by atoms with E-state index in [0.29, 0.717) is 0 Å². The SMILES string of the molecule is Cc1c(C)c(C(=O)O)c(O)c(O)c1C(=O)O. The molecule has 0 fully saturated rings. The second-order valence-corrected chi connectivity index (χ2v) is 3.31. The smallest absolute Gasteiger partial charge is 0.339 e. The topological polar surface area (TPSA) is 115 Å². The van der Waals surface area contributed by atoms with E-state index in [2.05, 4.69) is 0 Å². The number of aromatic hydroxyl groups is 2. The average molecular weight is 226 g/mol. The van der Waals surface area contributed by atoms with Crippen molar-refractivity contribution in [2.24, 2.45) is 0 Å². The quantitative estimate of drug-likeness (QED) is 0.561. The zero-order valence-electron chi connectivity index (χ0n) is 8.61. The molecule has 1 rings (SSSR count). The Morgan fingerprint density at radius 1 is 0.812 bits per heavy atom. The number of aromatic carboxylic acids is 2. The molecular formula is C10H10O6. The number of carbonyl (C=O) groups is 2. The van der Waals surface area contributed by atoms with E-state index in [4.69, 9.17) is 10.2 Å². The van der Waals surface area contributed by atoms with Gasteiger partial charge >= 0.3 is 11.9 Å². The van der Waals surface area contributed by atoms with Gasteiger partial charge in [-0.3, -0.25) is 0 Å². The van der Waals surface area contributed by atoms with Crippen molar-refractivity contribution in [3.05, 3.63) is 22.3 Å². The minimum atomic E-state index is -1.43. The van der Waals surface area contributed by atoms with Crippen molar-refractivity contribution >= 4 is 11.9 Å². The van der Waals surface area contributed by atoms with Gasteiger partial charge in [-0.1, -0.05) is 0 Å². The van der Waals surface area contributed by atoms with E-state index in [-0.39, 0.29) is 11.1 Å². The summed E-state index contributed by atoms with van der Waals surface area (Å²) in [4.78, 5) is 21.6. The predicted octanol–water partition coefficient (Wildman–Crippen LogP) is 1.11. The Morgan fingerprint density at radius 2 is 1.06 bits per heavy atom. The maximum Gasteiger partial charge on any atom is 0.339 e. The molecule has 0 heterocycles. The van der Waals surface area contributed by atoms with E-state index < -0.39 is 34.6 Å². The number of hydrogen-bond donors (Lipinski definition) is 4. The monoisotopic (exact) mass is 226 g/mol. The van der Waals surface area contributed by atoms with Gasteiger partial charge in [-0.15, -0.1) is 0 Å². The number of rotatable bonds is 2. The van der Waals surface area contributed by atoms with Crippen LogP contribution in [0.5, 0.6) is 11.5 Å². The second kappa shape index (κ2) is 3.73. The molecule has 0 aliphatic carbocycles. The van der Waals surface area contributed by atoms with Gasteiger partial charge in [0.05, 0.1) is 0 Å². The molecule has 0 saturated carbocycles. The summed E-state index contributed by atoms with van der Waals surface area (Å²) in [5.74, 6) is -4.70. The van der Waals surface area contributed by atoms with Gasteiger partial charge in [0.15, 0.2) is 11.5 Å². The Hall–Kier alpha value is -2.24. The molecule has 1 aromatic rings. The zero-order valence-corrected chi connectivity index (χ0v) is 8.61. The van der Waals surface area contributed by atoms with Crippen molar-refractivity contribution in [1.29, 1.82) is 0 Å². The van der Waals surface area contributed by atoms with Crippen molar-refractivity contribution in [1.82, 2.24) is 0 Å². The summed E-state index contributed by atoms with van der Waals surface area (Å²) in [6, 6.07) is 0. The summed E-state index contributed by atoms with van der Waals surface area (Å²) in [6.07, 6.45) is 0. The molecule has 0 bridgehead atoms. The van der Waals surface area contributed by atoms with Crippen LogP contribution in [-0.2, 0) is 0 Å². The maximum atomic E-state index is 10.8. The fourth-order valence-corrected chi connectivity index (χ4v) is 1.49. The summed E-state index contributed by atoms with van der Waals surface area (Å²) in [5, 5.41) is 36.4. The van der Waals surface area contributed by atoms with Gasteiger partial charge in [0.2, 0.25) is 0 Å². The lowest BCUT2D eigenvalue weighted by Gasteiger charge is -2.12. The third-order valence-electron chi connectivity index (χ3n) is 2.44. The Bertz CT molecular complexity index is 415. The molecule has 4 N–H and O–H groups in total. The molecule has 0 unspecified atom stereocenters. The molecule has 1 aromatic carbocycles. The normalized spacial score (nSPS) is 10.1. The minimum Gasteiger partial charge on any atom is -0.504 e. The van der Waals surface area contributed by atoms with Gasteiger partial charge in [0.25, 0.3) is 0 Å². The minimum absolute atomic E-state index is 0.111. The number of benzene rings is 1. The van der Waals surface area contributed by atoms with E-state index in [1.807, 2.05) is 0 Å². The van der Waals surface area contributed by atoms with Crippen LogP contribution in [-0.4, -0.2) is 32.4 Å². The van der Waals surface area contributed by atoms with Gasteiger partial charge in [0.1, 0.15) is 11.1 Å². The van der Waals surface area contributed by atoms with Gasteiger partial charge in [-0.2, -0.15) is 0 Å². The third kappa shape index (κ3) is 1.54. The highest BCUT2D eigenvalue weighted by Gasteiger charge is 2.26. The fourth-order valence-electron chi connectivity index (χ4n) is 1.49. The number of hydrogen-bond acceptors (Lipinski definition) is 4. The molecule has 0 radical (unpaired) electrons. The Morgan fingerprint density at radius 3 is 1.25 bits per heavy atom. The lowest BCUT2D eigenvalue weighted by Crippen LogP contribution is -2.08. The Balaban J connectivity index is 3.77. The summed E-state index contributed by atoms with van der Waals surface area (Å²) in [7, 11) is 0. The average Bonchev–Trinajstić information content (AvgIpc) is 2.14. The molecule has 0 saturated heterocycles. The van der Waals surface area contributed by atoms with E-state index in [1.165, 1.54) is 13.8 Å². The number of carboxylic acids is 2. The molecule has 0 aromatic heterocycles. The van der Waals surface area contributed by atoms with Crippen molar-refractivity contribution < 1.29 is 30.0 Å². The van der Waals surface area contributed by atoms with Crippen molar-refractivity contribution in [2.45, 2.75) is 13.8 Å². The van der Waals surface area contributed by atoms with Crippen LogP contribution in [0.25, 0.3) is 0 Å². The van der Waals surface area contributed by atoms with E-state index in [1.54, 1.807) is 0 Å². The fraction of sp³-hybridized carbons (Fsp3) is 0.200. The highest BCUT2D eigenvalue weighted by atomic mass is 16.4. The largest absolute Gasteiger partial charge is 0.504 e. The molecule has 16 heavy (non-hydrogen) atoms. The summed E-state index contributed by atoms with van der Waals surface area (Å²) in [5.41, 5.74) is -0.750. The summed E-state index contributed by atoms with van der Waals surface area (Å²) >= 11 is 0. The first-order chi connectivity index (χ1) is 7.29. The Labute approximate surface area is 90.4 Å². The lowest BCUT2D eigenvalue weighted by molar-refractivity contribution is 0.0672. The standard InChI is InChI=1S/C10H10O6/c1-3-4(2)6(10(15)16)8(12)7(11)5(3)9(13)14/h11-12H,1-2H3,(H,13,14)(H,15,16). The van der Waals surface area contributed by atoms with Crippen LogP contribution in [0.2, 0.25) is 0 Å². The van der Waals surface area contributed by atoms with Crippen LogP contribution in [0.1, 0.15) is 31.8 Å². The van der Waals surface area contributed by atoms with Gasteiger partial charge in [-0.05, 0) is 25.0 Å². The molecular weight excluding hydrogens is 216 g/mol. The summed E-state index contributed by atoms with van der Waals surface area (Å²) < 4.78 is 0. The molecule has 0 atom stereocenters. The summed E-state index contributed by atoms with van der Waals surface area (Å²) in [6.45, 7) is 2.73. The first-order valence-corrected chi connectivity index (χ1v) is 4.30. The van der Waals surface area contributed by atoms with Crippen LogP contribution in [0.15, 0.2) is 0 Å². The highest BCUT2D eigenvalue weighted by molar-refractivity contribution is 6.00. The molecule has 6 heteroatoms. The van der Waals surface area contributed by atoms with Gasteiger partial charge < -0.3 is 20.4 Å². The first-order valence-electron chi connectivity index (χ1n) is 4.30.